The van der Waals surface area contributed by atoms with Gasteiger partial charge in [-0.25, -0.2) is 0 Å². The van der Waals surface area contributed by atoms with Gasteiger partial charge in [-0.05, 0) is 37.5 Å². The van der Waals surface area contributed by atoms with Crippen molar-refractivity contribution in [2.75, 3.05) is 19.0 Å². The summed E-state index contributed by atoms with van der Waals surface area (Å²) in [5, 5.41) is 0.659. The van der Waals surface area contributed by atoms with Gasteiger partial charge >= 0.3 is 0 Å². The minimum Gasteiger partial charge on any atom is -0.379 e. The molecule has 2 N–H and O–H groups in total. The van der Waals surface area contributed by atoms with E-state index in [1.54, 1.807) is 0 Å². The zero-order chi connectivity index (χ0) is 12.4. The number of nitrogens with two attached hydrogens (primary N) is 1. The molecule has 1 atom stereocenters. The first-order valence-electron chi connectivity index (χ1n) is 6.10. The molecule has 0 bridgehead atoms. The van der Waals surface area contributed by atoms with Crippen molar-refractivity contribution in [3.8, 4) is 0 Å². The van der Waals surface area contributed by atoms with E-state index in [1.807, 2.05) is 11.8 Å². The normalized spacial score (nSPS) is 17.9. The van der Waals surface area contributed by atoms with Gasteiger partial charge in [0.25, 0.3) is 0 Å². The van der Waals surface area contributed by atoms with Gasteiger partial charge in [0.15, 0.2) is 0 Å². The maximum Gasteiger partial charge on any atom is 0.0607 e. The third-order valence-electron chi connectivity index (χ3n) is 3.23. The minimum absolute atomic E-state index is 0.140. The second-order valence-electron chi connectivity index (χ2n) is 4.91. The molecule has 1 aromatic rings. The second-order valence-corrected chi connectivity index (χ2v) is 6.25. The van der Waals surface area contributed by atoms with E-state index in [0.29, 0.717) is 5.25 Å². The first-order valence-corrected chi connectivity index (χ1v) is 7.15. The summed E-state index contributed by atoms with van der Waals surface area (Å²) in [6, 6.07) is 4.58. The summed E-state index contributed by atoms with van der Waals surface area (Å²) in [6.07, 6.45) is 0. The summed E-state index contributed by atoms with van der Waals surface area (Å²) >= 11 is 1.94. The number of hydrogen-bond acceptors (Lipinski definition) is 3. The molecule has 1 heterocycles. The first-order chi connectivity index (χ1) is 8.08. The molecule has 1 aromatic carbocycles. The Kier molecular flexibility index (Phi) is 4.13. The fraction of sp³-hybridized carbons (Fsp3) is 0.571. The summed E-state index contributed by atoms with van der Waals surface area (Å²) in [5.41, 5.74) is 11.6. The average molecular weight is 251 g/mol. The number of ether oxygens (including phenoxy) is 1. The average Bonchev–Trinajstić information content (AvgIpc) is 2.13. The van der Waals surface area contributed by atoms with Gasteiger partial charge in [-0.15, -0.1) is 0 Å². The molecule has 0 amide bonds. The molecule has 0 aliphatic carbocycles. The van der Waals surface area contributed by atoms with E-state index in [2.05, 4.69) is 32.9 Å². The van der Waals surface area contributed by atoms with Crippen LogP contribution in [0.1, 0.15) is 28.3 Å². The molecule has 1 fully saturated rings. The second kappa shape index (κ2) is 5.42. The van der Waals surface area contributed by atoms with Crippen molar-refractivity contribution in [1.82, 2.24) is 0 Å². The molecule has 94 valence electrons. The van der Waals surface area contributed by atoms with Crippen LogP contribution in [-0.4, -0.2) is 24.2 Å². The van der Waals surface area contributed by atoms with Crippen LogP contribution in [0.25, 0.3) is 0 Å². The Morgan fingerprint density at radius 3 is 2.35 bits per heavy atom. The molecule has 3 heteroatoms. The van der Waals surface area contributed by atoms with Crippen molar-refractivity contribution >= 4 is 11.8 Å². The van der Waals surface area contributed by atoms with E-state index in [0.717, 1.165) is 19.0 Å². The van der Waals surface area contributed by atoms with Crippen molar-refractivity contribution in [2.24, 2.45) is 5.73 Å². The minimum atomic E-state index is 0.140. The van der Waals surface area contributed by atoms with Gasteiger partial charge in [0.05, 0.1) is 18.5 Å². The number of thioether (sulfide) groups is 1. The maximum absolute atomic E-state index is 6.31. The highest BCUT2D eigenvalue weighted by molar-refractivity contribution is 8.00. The monoisotopic (exact) mass is 251 g/mol. The number of aryl methyl sites for hydroxylation is 3. The molecular formula is C14H21NOS. The lowest BCUT2D eigenvalue weighted by molar-refractivity contribution is 0.0455. The SMILES string of the molecule is Cc1cc(C)c(C(N)CSC2COC2)c(C)c1. The quantitative estimate of drug-likeness (QED) is 0.893. The van der Waals surface area contributed by atoms with E-state index < -0.39 is 0 Å². The van der Waals surface area contributed by atoms with Gasteiger partial charge in [-0.2, -0.15) is 11.8 Å². The van der Waals surface area contributed by atoms with E-state index in [1.165, 1.54) is 22.3 Å². The lowest BCUT2D eigenvalue weighted by atomic mass is 9.95. The Balaban J connectivity index is 2.04. The summed E-state index contributed by atoms with van der Waals surface area (Å²) in [4.78, 5) is 0. The predicted octanol–water partition coefficient (Wildman–Crippen LogP) is 2.74. The van der Waals surface area contributed by atoms with Crippen LogP contribution >= 0.6 is 11.8 Å². The van der Waals surface area contributed by atoms with Crippen molar-refractivity contribution in [1.29, 1.82) is 0 Å². The highest BCUT2D eigenvalue weighted by atomic mass is 32.2. The highest BCUT2D eigenvalue weighted by Crippen LogP contribution is 2.28. The third-order valence-corrected chi connectivity index (χ3v) is 4.52. The van der Waals surface area contributed by atoms with E-state index >= 15 is 0 Å². The van der Waals surface area contributed by atoms with E-state index in [-0.39, 0.29) is 6.04 Å². The van der Waals surface area contributed by atoms with Crippen LogP contribution in [0, 0.1) is 20.8 Å². The fourth-order valence-electron chi connectivity index (χ4n) is 2.41. The third kappa shape index (κ3) is 3.03. The van der Waals surface area contributed by atoms with Crippen LogP contribution in [-0.2, 0) is 4.74 Å². The Hall–Kier alpha value is -0.510. The van der Waals surface area contributed by atoms with Crippen molar-refractivity contribution in [2.45, 2.75) is 32.1 Å². The molecule has 17 heavy (non-hydrogen) atoms. The molecule has 1 aliphatic heterocycles. The van der Waals surface area contributed by atoms with Crippen LogP contribution in [0.4, 0.5) is 0 Å². The standard InChI is InChI=1S/C14H21NOS/c1-9-4-10(2)14(11(3)5-9)13(15)8-17-12-6-16-7-12/h4-5,12-13H,6-8,15H2,1-3H3. The molecular weight excluding hydrogens is 230 g/mol. The van der Waals surface area contributed by atoms with Gasteiger partial charge in [0.2, 0.25) is 0 Å². The highest BCUT2D eigenvalue weighted by Gasteiger charge is 2.21. The molecule has 0 spiro atoms. The lowest BCUT2D eigenvalue weighted by Gasteiger charge is -2.27. The van der Waals surface area contributed by atoms with E-state index in [9.17, 15) is 0 Å². The fourth-order valence-corrected chi connectivity index (χ4v) is 3.44. The molecule has 1 unspecified atom stereocenters. The van der Waals surface area contributed by atoms with Crippen molar-refractivity contribution in [3.05, 3.63) is 34.4 Å². The molecule has 1 aliphatic rings. The van der Waals surface area contributed by atoms with E-state index in [4.69, 9.17) is 10.5 Å². The number of hydrogen-bond donors (Lipinski definition) is 1. The van der Waals surface area contributed by atoms with Crippen LogP contribution in [0.2, 0.25) is 0 Å². The molecule has 2 rings (SSSR count). The summed E-state index contributed by atoms with van der Waals surface area (Å²) in [7, 11) is 0. The van der Waals surface area contributed by atoms with Crippen LogP contribution in [0.3, 0.4) is 0 Å². The molecule has 0 saturated carbocycles. The topological polar surface area (TPSA) is 35.2 Å². The number of rotatable bonds is 4. The number of benzene rings is 1. The summed E-state index contributed by atoms with van der Waals surface area (Å²) in [5.74, 6) is 0.985. The van der Waals surface area contributed by atoms with Gasteiger partial charge in [0, 0.05) is 11.8 Å². The van der Waals surface area contributed by atoms with Crippen molar-refractivity contribution in [3.63, 3.8) is 0 Å². The maximum atomic E-state index is 6.31. The summed E-state index contributed by atoms with van der Waals surface area (Å²) in [6.45, 7) is 8.24. The predicted molar refractivity (Wildman–Crippen MR) is 74.6 cm³/mol. The first kappa shape index (κ1) is 12.9. The van der Waals surface area contributed by atoms with Gasteiger partial charge in [-0.3, -0.25) is 0 Å². The van der Waals surface area contributed by atoms with Crippen molar-refractivity contribution < 1.29 is 4.74 Å². The van der Waals surface area contributed by atoms with Crippen LogP contribution < -0.4 is 5.73 Å². The summed E-state index contributed by atoms with van der Waals surface area (Å²) < 4.78 is 5.17. The van der Waals surface area contributed by atoms with Gasteiger partial charge < -0.3 is 10.5 Å². The Bertz CT molecular complexity index is 378. The Morgan fingerprint density at radius 2 is 1.88 bits per heavy atom. The Morgan fingerprint density at radius 1 is 1.29 bits per heavy atom. The molecule has 2 nitrogen and oxygen atoms in total. The molecule has 0 aromatic heterocycles. The van der Waals surface area contributed by atoms with Crippen LogP contribution in [0.15, 0.2) is 12.1 Å². The zero-order valence-corrected chi connectivity index (χ0v) is 11.6. The van der Waals surface area contributed by atoms with Gasteiger partial charge in [0.1, 0.15) is 0 Å². The molecule has 1 saturated heterocycles. The van der Waals surface area contributed by atoms with Gasteiger partial charge in [-0.1, -0.05) is 17.7 Å². The lowest BCUT2D eigenvalue weighted by Crippen LogP contribution is -2.31. The smallest absolute Gasteiger partial charge is 0.0607 e. The Labute approximate surface area is 108 Å². The molecule has 0 radical (unpaired) electrons. The largest absolute Gasteiger partial charge is 0.379 e. The van der Waals surface area contributed by atoms with Crippen LogP contribution in [0.5, 0.6) is 0 Å². The zero-order valence-electron chi connectivity index (χ0n) is 10.8.